The van der Waals surface area contributed by atoms with Gasteiger partial charge in [0.05, 0.1) is 0 Å². The molecule has 0 radical (unpaired) electrons. The molecule has 0 aliphatic carbocycles. The second kappa shape index (κ2) is 7.01. The van der Waals surface area contributed by atoms with Gasteiger partial charge in [0.15, 0.2) is 0 Å². The van der Waals surface area contributed by atoms with E-state index < -0.39 is 0 Å². The van der Waals surface area contributed by atoms with Gasteiger partial charge in [-0.2, -0.15) is 0 Å². The molecule has 0 bridgehead atoms. The van der Waals surface area contributed by atoms with E-state index in [9.17, 15) is 0 Å². The van der Waals surface area contributed by atoms with Gasteiger partial charge in [0.1, 0.15) is 5.84 Å². The maximum atomic E-state index is 4.17. The Kier molecular flexibility index (Phi) is 6.63. The molecule has 0 fully saturated rings. The summed E-state index contributed by atoms with van der Waals surface area (Å²) < 4.78 is 0. The Morgan fingerprint density at radius 2 is 2.17 bits per heavy atom. The summed E-state index contributed by atoms with van der Waals surface area (Å²) in [5, 5.41) is 0. The van der Waals surface area contributed by atoms with Gasteiger partial charge in [0.25, 0.3) is 0 Å². The SMILES string of the molecule is CC=NC(CCC(C)CC)=NC. The van der Waals surface area contributed by atoms with E-state index in [1.165, 1.54) is 12.8 Å². The zero-order chi connectivity index (χ0) is 9.40. The van der Waals surface area contributed by atoms with Crippen LogP contribution >= 0.6 is 0 Å². The molecule has 2 heteroatoms. The van der Waals surface area contributed by atoms with Crippen molar-refractivity contribution in [2.24, 2.45) is 15.9 Å². The van der Waals surface area contributed by atoms with Gasteiger partial charge in [0, 0.05) is 19.7 Å². The Morgan fingerprint density at radius 1 is 1.50 bits per heavy atom. The van der Waals surface area contributed by atoms with Gasteiger partial charge < -0.3 is 0 Å². The third-order valence-electron chi connectivity index (χ3n) is 2.09. The predicted octanol–water partition coefficient (Wildman–Crippen LogP) is 2.93. The topological polar surface area (TPSA) is 24.7 Å². The summed E-state index contributed by atoms with van der Waals surface area (Å²) in [6, 6.07) is 0. The van der Waals surface area contributed by atoms with Crippen LogP contribution in [0.3, 0.4) is 0 Å². The largest absolute Gasteiger partial charge is 0.274 e. The second-order valence-electron chi connectivity index (χ2n) is 3.08. The Labute approximate surface area is 75.8 Å². The first kappa shape index (κ1) is 11.3. The summed E-state index contributed by atoms with van der Waals surface area (Å²) in [5.41, 5.74) is 0. The Bertz CT molecular complexity index is 159. The van der Waals surface area contributed by atoms with Crippen LogP contribution in [0.5, 0.6) is 0 Å². The molecule has 2 nitrogen and oxygen atoms in total. The van der Waals surface area contributed by atoms with Crippen LogP contribution in [0, 0.1) is 5.92 Å². The Hall–Kier alpha value is -0.660. The summed E-state index contributed by atoms with van der Waals surface area (Å²) in [4.78, 5) is 8.28. The number of rotatable bonds is 4. The monoisotopic (exact) mass is 168 g/mol. The maximum Gasteiger partial charge on any atom is 0.122 e. The highest BCUT2D eigenvalue weighted by molar-refractivity contribution is 5.88. The van der Waals surface area contributed by atoms with Crippen molar-refractivity contribution in [1.29, 1.82) is 0 Å². The Balaban J connectivity index is 3.74. The van der Waals surface area contributed by atoms with Crippen molar-refractivity contribution in [1.82, 2.24) is 0 Å². The molecule has 70 valence electrons. The molecule has 0 aromatic rings. The van der Waals surface area contributed by atoms with E-state index in [-0.39, 0.29) is 0 Å². The molecule has 12 heavy (non-hydrogen) atoms. The molecule has 0 heterocycles. The summed E-state index contributed by atoms with van der Waals surface area (Å²) in [7, 11) is 1.80. The van der Waals surface area contributed by atoms with Crippen molar-refractivity contribution in [2.75, 3.05) is 7.05 Å². The normalized spacial score (nSPS) is 15.5. The summed E-state index contributed by atoms with van der Waals surface area (Å²) in [5.74, 6) is 1.76. The van der Waals surface area contributed by atoms with Crippen molar-refractivity contribution >= 4 is 12.1 Å². The number of aliphatic imine (C=N–C) groups is 2. The van der Waals surface area contributed by atoms with Crippen molar-refractivity contribution in [2.45, 2.75) is 40.0 Å². The van der Waals surface area contributed by atoms with Gasteiger partial charge >= 0.3 is 0 Å². The smallest absolute Gasteiger partial charge is 0.122 e. The fourth-order valence-corrected chi connectivity index (χ4v) is 0.963. The zero-order valence-corrected chi connectivity index (χ0v) is 8.67. The first-order chi connectivity index (χ1) is 5.74. The molecule has 0 saturated carbocycles. The van der Waals surface area contributed by atoms with E-state index in [0.717, 1.165) is 18.2 Å². The maximum absolute atomic E-state index is 4.17. The zero-order valence-electron chi connectivity index (χ0n) is 8.67. The fourth-order valence-electron chi connectivity index (χ4n) is 0.963. The highest BCUT2D eigenvalue weighted by atomic mass is 14.9. The lowest BCUT2D eigenvalue weighted by Crippen LogP contribution is -1.99. The van der Waals surface area contributed by atoms with Crippen molar-refractivity contribution in [3.63, 3.8) is 0 Å². The minimum Gasteiger partial charge on any atom is -0.274 e. The average molecular weight is 168 g/mol. The van der Waals surface area contributed by atoms with E-state index in [2.05, 4.69) is 23.8 Å². The van der Waals surface area contributed by atoms with E-state index in [1.54, 1.807) is 13.3 Å². The lowest BCUT2D eigenvalue weighted by molar-refractivity contribution is 0.527. The van der Waals surface area contributed by atoms with Gasteiger partial charge in [-0.15, -0.1) is 0 Å². The van der Waals surface area contributed by atoms with Crippen LogP contribution in [0.4, 0.5) is 0 Å². The first-order valence-electron chi connectivity index (χ1n) is 4.68. The fraction of sp³-hybridized carbons (Fsp3) is 0.800. The quantitative estimate of drug-likeness (QED) is 0.455. The number of amidine groups is 1. The van der Waals surface area contributed by atoms with E-state index in [1.807, 2.05) is 6.92 Å². The van der Waals surface area contributed by atoms with Crippen LogP contribution in [0.15, 0.2) is 9.98 Å². The van der Waals surface area contributed by atoms with Crippen molar-refractivity contribution in [3.8, 4) is 0 Å². The van der Waals surface area contributed by atoms with E-state index >= 15 is 0 Å². The molecule has 0 aliphatic heterocycles. The molecule has 0 N–H and O–H groups in total. The number of nitrogens with zero attached hydrogens (tertiary/aromatic N) is 2. The van der Waals surface area contributed by atoms with Gasteiger partial charge in [-0.3, -0.25) is 4.99 Å². The lowest BCUT2D eigenvalue weighted by Gasteiger charge is -2.06. The van der Waals surface area contributed by atoms with Crippen LogP contribution in [0.25, 0.3) is 0 Å². The molecule has 0 amide bonds. The molecule has 1 atom stereocenters. The van der Waals surface area contributed by atoms with Gasteiger partial charge in [-0.1, -0.05) is 20.3 Å². The number of hydrogen-bond donors (Lipinski definition) is 0. The van der Waals surface area contributed by atoms with Crippen LogP contribution in [0.1, 0.15) is 40.0 Å². The molecule has 0 aromatic carbocycles. The third kappa shape index (κ3) is 5.05. The van der Waals surface area contributed by atoms with Gasteiger partial charge in [-0.25, -0.2) is 4.99 Å². The first-order valence-corrected chi connectivity index (χ1v) is 4.68. The molecule has 1 unspecified atom stereocenters. The molecular weight excluding hydrogens is 148 g/mol. The van der Waals surface area contributed by atoms with Crippen LogP contribution in [-0.4, -0.2) is 19.1 Å². The standard InChI is InChI=1S/C10H20N2/c1-5-9(3)7-8-10(11-4)12-6-2/h6,9H,5,7-8H2,1-4H3. The van der Waals surface area contributed by atoms with Gasteiger partial charge in [0.2, 0.25) is 0 Å². The van der Waals surface area contributed by atoms with Crippen LogP contribution < -0.4 is 0 Å². The summed E-state index contributed by atoms with van der Waals surface area (Å²) in [6.45, 7) is 6.41. The molecular formula is C10H20N2. The summed E-state index contributed by atoms with van der Waals surface area (Å²) in [6.07, 6.45) is 5.25. The van der Waals surface area contributed by atoms with Gasteiger partial charge in [-0.05, 0) is 19.3 Å². The van der Waals surface area contributed by atoms with E-state index in [0.29, 0.717) is 0 Å². The molecule has 0 aliphatic rings. The molecule has 0 aromatic heterocycles. The average Bonchev–Trinajstić information content (AvgIpc) is 2.11. The van der Waals surface area contributed by atoms with Crippen molar-refractivity contribution in [3.05, 3.63) is 0 Å². The second-order valence-corrected chi connectivity index (χ2v) is 3.08. The van der Waals surface area contributed by atoms with Crippen LogP contribution in [-0.2, 0) is 0 Å². The van der Waals surface area contributed by atoms with E-state index in [4.69, 9.17) is 0 Å². The Morgan fingerprint density at radius 3 is 2.58 bits per heavy atom. The highest BCUT2D eigenvalue weighted by Gasteiger charge is 2.00. The molecule has 0 saturated heterocycles. The molecule has 0 spiro atoms. The minimum absolute atomic E-state index is 0.786. The lowest BCUT2D eigenvalue weighted by atomic mass is 10.0. The van der Waals surface area contributed by atoms with Crippen LogP contribution in [0.2, 0.25) is 0 Å². The highest BCUT2D eigenvalue weighted by Crippen LogP contribution is 2.10. The van der Waals surface area contributed by atoms with Crippen molar-refractivity contribution < 1.29 is 0 Å². The predicted molar refractivity (Wildman–Crippen MR) is 56.2 cm³/mol. The number of hydrogen-bond acceptors (Lipinski definition) is 1. The minimum atomic E-state index is 0.786. The third-order valence-corrected chi connectivity index (χ3v) is 2.09. The molecule has 0 rings (SSSR count). The summed E-state index contributed by atoms with van der Waals surface area (Å²) >= 11 is 0.